The fourth-order valence-corrected chi connectivity index (χ4v) is 14.6. The fraction of sp³-hybridized carbons (Fsp3) is 1.00. The van der Waals surface area contributed by atoms with Crippen LogP contribution in [0.25, 0.3) is 0 Å². The van der Waals surface area contributed by atoms with Crippen LogP contribution < -0.4 is 7.75 Å². The van der Waals surface area contributed by atoms with Crippen molar-refractivity contribution in [3.05, 3.63) is 0 Å². The van der Waals surface area contributed by atoms with E-state index in [2.05, 4.69) is 90.8 Å². The summed E-state index contributed by atoms with van der Waals surface area (Å²) in [4.78, 5) is 0. The number of hydrogen-bond donors (Lipinski definition) is 2. The third-order valence-electron chi connectivity index (χ3n) is 1.71. The molecule has 0 radical (unpaired) electrons. The summed E-state index contributed by atoms with van der Waals surface area (Å²) in [5.74, 6) is 0. The number of nitrogens with one attached hydrogen (secondary N) is 2. The van der Waals surface area contributed by atoms with Gasteiger partial charge in [-0.3, -0.25) is 0 Å². The molecule has 0 aliphatic heterocycles. The molecule has 0 heterocycles. The monoisotopic (exact) mass is 470 g/mol. The molecule has 4 nitrogen and oxygen atoms in total. The van der Waals surface area contributed by atoms with Gasteiger partial charge in [0.25, 0.3) is 0 Å². The predicted molar refractivity (Wildman–Crippen MR) is 90.1 cm³/mol. The van der Waals surface area contributed by atoms with E-state index in [4.69, 9.17) is 6.99 Å². The molecule has 0 atom stereocenters. The number of hydrogen-bond acceptors (Lipinski definition) is 2. The molecule has 0 fully saturated rings. The van der Waals surface area contributed by atoms with E-state index >= 15 is 0 Å². The first kappa shape index (κ1) is 21.2. The summed E-state index contributed by atoms with van der Waals surface area (Å²) in [7, 11) is 0. The standard InChI is InChI=1S/2C4H10N.2C4H9N.W/c4*1-4(2,3)5;/h2*5H,1-3H3;2*1-3H3;/q2*-1;;;+2. The zero-order chi connectivity index (χ0) is 17.3. The number of rotatable bonds is 2. The Morgan fingerprint density at radius 3 is 0.905 bits per heavy atom. The molecule has 0 aromatic carbocycles. The van der Waals surface area contributed by atoms with Crippen molar-refractivity contribution in [3.8, 4) is 0 Å². The van der Waals surface area contributed by atoms with Gasteiger partial charge in [-0.1, -0.05) is 0 Å². The van der Waals surface area contributed by atoms with Gasteiger partial charge in [-0.2, -0.15) is 0 Å². The van der Waals surface area contributed by atoms with Crippen LogP contribution in [0.3, 0.4) is 0 Å². The van der Waals surface area contributed by atoms with Crippen molar-refractivity contribution < 1.29 is 16.2 Å². The Kier molecular flexibility index (Phi) is 6.43. The van der Waals surface area contributed by atoms with Crippen LogP contribution in [0.1, 0.15) is 83.1 Å². The summed E-state index contributed by atoms with van der Waals surface area (Å²) in [6.07, 6.45) is 0. The zero-order valence-electron chi connectivity index (χ0n) is 16.3. The van der Waals surface area contributed by atoms with E-state index in [1.54, 1.807) is 0 Å². The van der Waals surface area contributed by atoms with Crippen LogP contribution in [-0.2, 0) is 16.2 Å². The van der Waals surface area contributed by atoms with Crippen molar-refractivity contribution in [2.45, 2.75) is 105 Å². The van der Waals surface area contributed by atoms with Gasteiger partial charge in [-0.15, -0.1) is 0 Å². The minimum absolute atomic E-state index is 0.0168. The molecule has 0 saturated heterocycles. The van der Waals surface area contributed by atoms with Gasteiger partial charge in [-0.05, 0) is 0 Å². The van der Waals surface area contributed by atoms with Crippen molar-refractivity contribution in [3.63, 3.8) is 0 Å². The summed E-state index contributed by atoms with van der Waals surface area (Å²) >= 11 is -3.47. The summed E-state index contributed by atoms with van der Waals surface area (Å²) < 4.78 is 18.0. The molecule has 5 heteroatoms. The second-order valence-corrected chi connectivity index (χ2v) is 16.5. The first-order valence-electron chi connectivity index (χ1n) is 7.72. The van der Waals surface area contributed by atoms with E-state index in [0.29, 0.717) is 0 Å². The van der Waals surface area contributed by atoms with Gasteiger partial charge in [0.1, 0.15) is 0 Å². The molecule has 0 bridgehead atoms. The van der Waals surface area contributed by atoms with Crippen LogP contribution in [0.5, 0.6) is 0 Å². The van der Waals surface area contributed by atoms with E-state index in [1.165, 1.54) is 0 Å². The summed E-state index contributed by atoms with van der Waals surface area (Å²) in [5, 5.41) is 0. The summed E-state index contributed by atoms with van der Waals surface area (Å²) in [5.41, 5.74) is -0.255. The van der Waals surface area contributed by atoms with Crippen molar-refractivity contribution in [1.82, 2.24) is 7.75 Å². The molecule has 0 aromatic rings. The quantitative estimate of drug-likeness (QED) is 0.614. The minimum atomic E-state index is -3.47. The second kappa shape index (κ2) is 6.37. The van der Waals surface area contributed by atoms with Crippen LogP contribution in [0.2, 0.25) is 0 Å². The van der Waals surface area contributed by atoms with Crippen molar-refractivity contribution in [2.24, 2.45) is 6.99 Å². The Morgan fingerprint density at radius 2 is 0.762 bits per heavy atom. The van der Waals surface area contributed by atoms with Gasteiger partial charge in [0.15, 0.2) is 0 Å². The van der Waals surface area contributed by atoms with Crippen LogP contribution in [-0.4, -0.2) is 22.2 Å². The van der Waals surface area contributed by atoms with Gasteiger partial charge in [-0.25, -0.2) is 0 Å². The van der Waals surface area contributed by atoms with E-state index in [-0.39, 0.29) is 22.2 Å². The Balaban J connectivity index is 6.39. The molecule has 0 aliphatic carbocycles. The maximum absolute atomic E-state index is 5.22. The topological polar surface area (TPSA) is 48.8 Å². The first-order chi connectivity index (χ1) is 8.83. The van der Waals surface area contributed by atoms with Crippen molar-refractivity contribution >= 4 is 0 Å². The first-order valence-corrected chi connectivity index (χ1v) is 13.3. The molecule has 128 valence electrons. The van der Waals surface area contributed by atoms with Gasteiger partial charge in [0.2, 0.25) is 0 Å². The normalized spacial score (nSPS) is 15.0. The van der Waals surface area contributed by atoms with Crippen molar-refractivity contribution in [1.29, 1.82) is 0 Å². The van der Waals surface area contributed by atoms with Crippen LogP contribution in [0.4, 0.5) is 0 Å². The SMILES string of the molecule is CC(C)(C)[N]=[W](=[N]C(C)(C)C)([NH]C(C)(C)C)[NH]C(C)(C)C. The Morgan fingerprint density at radius 1 is 0.524 bits per heavy atom. The Hall–Kier alpha value is 0.208. The van der Waals surface area contributed by atoms with E-state index < -0.39 is 16.2 Å². The molecule has 0 amide bonds. The van der Waals surface area contributed by atoms with Crippen LogP contribution >= 0.6 is 0 Å². The molecular weight excluding hydrogens is 432 g/mol. The maximum atomic E-state index is 5.22. The van der Waals surface area contributed by atoms with Crippen LogP contribution in [0.15, 0.2) is 6.99 Å². The average molecular weight is 470 g/mol. The average Bonchev–Trinajstić information content (AvgIpc) is 1.83. The summed E-state index contributed by atoms with van der Waals surface area (Å²) in [6, 6.07) is 0. The third kappa shape index (κ3) is 11.4. The molecule has 2 N–H and O–H groups in total. The molecule has 0 unspecified atom stereocenters. The zero-order valence-corrected chi connectivity index (χ0v) is 19.2. The van der Waals surface area contributed by atoms with Gasteiger partial charge in [0, 0.05) is 0 Å². The molecule has 0 spiro atoms. The predicted octanol–water partition coefficient (Wildman–Crippen LogP) is 4.71. The molecule has 0 aliphatic rings. The van der Waals surface area contributed by atoms with Gasteiger partial charge in [0.05, 0.1) is 0 Å². The fourth-order valence-electron chi connectivity index (χ4n) is 1.78. The Bertz CT molecular complexity index is 408. The van der Waals surface area contributed by atoms with Gasteiger partial charge >= 0.3 is 136 Å². The van der Waals surface area contributed by atoms with E-state index in [9.17, 15) is 0 Å². The molecule has 0 aromatic heterocycles. The molecular formula is C16H38N4W. The third-order valence-corrected chi connectivity index (χ3v) is 14.0. The van der Waals surface area contributed by atoms with Crippen LogP contribution in [0, 0.1) is 0 Å². The molecule has 0 saturated carbocycles. The van der Waals surface area contributed by atoms with Crippen molar-refractivity contribution in [2.75, 3.05) is 0 Å². The van der Waals surface area contributed by atoms with Gasteiger partial charge < -0.3 is 0 Å². The second-order valence-electron chi connectivity index (χ2n) is 9.78. The summed E-state index contributed by atoms with van der Waals surface area (Å²) in [6.45, 7) is 26.1. The van der Waals surface area contributed by atoms with E-state index in [1.807, 2.05) is 0 Å². The molecule has 21 heavy (non-hydrogen) atoms. The number of nitrogens with zero attached hydrogens (tertiary/aromatic N) is 2. The molecule has 0 rings (SSSR count). The Labute approximate surface area is 136 Å². The van der Waals surface area contributed by atoms with E-state index in [0.717, 1.165) is 0 Å².